The number of nitrogens with two attached hydrogens (primary N) is 5. The number of hydrogen-bond acceptors (Lipinski definition) is 14. The van der Waals surface area contributed by atoms with Gasteiger partial charge in [-0.1, -0.05) is 44.2 Å². The maximum Gasteiger partial charge on any atom is 0.326 e. The number of guanidine groups is 1. The molecule has 0 aromatic heterocycles. The zero-order chi connectivity index (χ0) is 52.1. The van der Waals surface area contributed by atoms with Crippen molar-refractivity contribution in [1.82, 2.24) is 37.2 Å². The van der Waals surface area contributed by atoms with Gasteiger partial charge in [-0.05, 0) is 87.8 Å². The average Bonchev–Trinajstić information content (AvgIpc) is 3.27. The maximum atomic E-state index is 13.9. The van der Waals surface area contributed by atoms with Gasteiger partial charge in [-0.3, -0.25) is 48.1 Å². The van der Waals surface area contributed by atoms with Gasteiger partial charge in [-0.15, -0.1) is 0 Å². The summed E-state index contributed by atoms with van der Waals surface area (Å²) in [6.07, 6.45) is 1.22. The van der Waals surface area contributed by atoms with Crippen LogP contribution < -0.4 is 65.9 Å². The van der Waals surface area contributed by atoms with E-state index < -0.39 is 121 Å². The van der Waals surface area contributed by atoms with E-state index in [1.54, 1.807) is 50.4 Å². The van der Waals surface area contributed by atoms with Gasteiger partial charge in [-0.25, -0.2) is 4.79 Å². The number of benzene rings is 1. The fourth-order valence-electron chi connectivity index (χ4n) is 6.53. The summed E-state index contributed by atoms with van der Waals surface area (Å²) in [7, 11) is 0. The number of carbonyl (C=O) groups is 10. The highest BCUT2D eigenvalue weighted by molar-refractivity contribution is 7.98. The highest BCUT2D eigenvalue weighted by atomic mass is 32.2. The fourth-order valence-corrected chi connectivity index (χ4v) is 7.01. The largest absolute Gasteiger partial charge is 0.481 e. The van der Waals surface area contributed by atoms with Crippen molar-refractivity contribution in [2.75, 3.05) is 31.6 Å². The monoisotopic (exact) mass is 994 g/mol. The first kappa shape index (κ1) is 60.5. The summed E-state index contributed by atoms with van der Waals surface area (Å²) < 4.78 is 0. The molecule has 1 aromatic carbocycles. The van der Waals surface area contributed by atoms with E-state index in [0.29, 0.717) is 12.8 Å². The number of unbranched alkanes of at least 4 members (excludes halogenated alkanes) is 1. The molecule has 0 bridgehead atoms. The van der Waals surface area contributed by atoms with E-state index in [1.807, 2.05) is 0 Å². The second kappa shape index (κ2) is 33.0. The molecular weight excluding hydrogens is 923 g/mol. The normalized spacial score (nSPS) is 13.9. The lowest BCUT2D eigenvalue weighted by molar-refractivity contribution is -0.142. The molecule has 69 heavy (non-hydrogen) atoms. The molecule has 0 heterocycles. The molecular formula is C43H71N13O12S. The summed E-state index contributed by atoms with van der Waals surface area (Å²) in [5.41, 5.74) is 28.5. The molecule has 0 aliphatic carbocycles. The standard InChI is InChI=1S/C43H71N13O12S/c1-24(2)20-31(37(62)50-23-34(58)51-30(42(67)68)13-9-18-49-43(47)48)55-39(64)28(14-15-33(46)57)53-40(65)29(16-19-69-3)54-41(66)32(22-35(59)60)56-38(63)27(12-7-8-17-44)52-36(61)26(45)21-25-10-5-4-6-11-25/h4-6,10-11,24,26-32H,7-9,12-23,44-45H2,1-3H3,(H2,46,57)(H,50,62)(H,51,58)(H,52,61)(H,53,65)(H,54,66)(H,55,64)(H,56,63)(H,59,60)(H,67,68)(H4,47,48,49)/t26-,27+,28+,29+,30+,31+,32+/m1/s1. The number of carboxylic acids is 2. The molecule has 26 heteroatoms. The highest BCUT2D eigenvalue weighted by Crippen LogP contribution is 2.11. The Labute approximate surface area is 405 Å². The molecule has 0 radical (unpaired) electrons. The molecule has 0 aliphatic heterocycles. The first-order chi connectivity index (χ1) is 32.6. The minimum Gasteiger partial charge on any atom is -0.481 e. The van der Waals surface area contributed by atoms with Crippen molar-refractivity contribution >= 4 is 76.9 Å². The Bertz CT molecular complexity index is 1910. The zero-order valence-electron chi connectivity index (χ0n) is 39.3. The second-order valence-corrected chi connectivity index (χ2v) is 17.5. The molecule has 25 nitrogen and oxygen atoms in total. The highest BCUT2D eigenvalue weighted by Gasteiger charge is 2.34. The van der Waals surface area contributed by atoms with Crippen LogP contribution in [0, 0.1) is 5.92 Å². The van der Waals surface area contributed by atoms with Crippen molar-refractivity contribution in [2.45, 2.75) is 127 Å². The zero-order valence-corrected chi connectivity index (χ0v) is 40.1. The number of aliphatic carboxylic acids is 2. The summed E-state index contributed by atoms with van der Waals surface area (Å²) in [5, 5.41) is 36.4. The molecule has 0 unspecified atom stereocenters. The number of rotatable bonds is 35. The molecule has 0 aliphatic rings. The van der Waals surface area contributed by atoms with Crippen LogP contribution in [0.3, 0.4) is 0 Å². The molecule has 7 atom stereocenters. The Morgan fingerprint density at radius 1 is 0.652 bits per heavy atom. The molecule has 0 saturated carbocycles. The Morgan fingerprint density at radius 3 is 1.72 bits per heavy atom. The van der Waals surface area contributed by atoms with Gasteiger partial charge in [0.25, 0.3) is 0 Å². The van der Waals surface area contributed by atoms with Gasteiger partial charge in [0.05, 0.1) is 19.0 Å². The summed E-state index contributed by atoms with van der Waals surface area (Å²) >= 11 is 1.29. The van der Waals surface area contributed by atoms with Crippen LogP contribution in [-0.4, -0.2) is 149 Å². The molecule has 8 amide bonds. The number of primary amides is 1. The van der Waals surface area contributed by atoms with Gasteiger partial charge in [0.15, 0.2) is 5.96 Å². The van der Waals surface area contributed by atoms with Gasteiger partial charge < -0.3 is 76.1 Å². The Balaban J connectivity index is 3.27. The van der Waals surface area contributed by atoms with Gasteiger partial charge in [0, 0.05) is 13.0 Å². The maximum absolute atomic E-state index is 13.9. The summed E-state index contributed by atoms with van der Waals surface area (Å²) in [6, 6.07) is -0.761. The number of hydrogen-bond donors (Lipinski definition) is 14. The van der Waals surface area contributed by atoms with E-state index in [1.165, 1.54) is 11.8 Å². The minimum absolute atomic E-state index is 0.0268. The van der Waals surface area contributed by atoms with Gasteiger partial charge in [-0.2, -0.15) is 11.8 Å². The van der Waals surface area contributed by atoms with Crippen molar-refractivity contribution in [3.8, 4) is 0 Å². The Morgan fingerprint density at radius 2 is 1.19 bits per heavy atom. The predicted octanol–water partition coefficient (Wildman–Crippen LogP) is -3.61. The minimum atomic E-state index is -1.76. The topological polar surface area (TPSA) is 438 Å². The van der Waals surface area contributed by atoms with Crippen LogP contribution in [0.1, 0.15) is 83.6 Å². The molecule has 0 fully saturated rings. The van der Waals surface area contributed by atoms with Crippen LogP contribution in [0.4, 0.5) is 0 Å². The van der Waals surface area contributed by atoms with E-state index in [0.717, 1.165) is 5.56 Å². The third-order valence-corrected chi connectivity index (χ3v) is 10.8. The van der Waals surface area contributed by atoms with Crippen molar-refractivity contribution in [2.24, 2.45) is 39.6 Å². The number of carboxylic acid groups (broad SMARTS) is 2. The number of amides is 8. The number of aliphatic imine (C=N–C) groups is 1. The molecule has 0 spiro atoms. The number of thioether (sulfide) groups is 1. The first-order valence-electron chi connectivity index (χ1n) is 22.4. The SMILES string of the molecule is CSCC[C@H](NC(=O)[C@H](CC(=O)O)NC(=O)[C@H](CCCCN)NC(=O)[C@H](N)Cc1ccccc1)C(=O)N[C@@H](CCC(N)=O)C(=O)N[C@@H](CC(C)C)C(=O)NCC(=O)N[C@@H](CCCN=C(N)N)C(=O)O. The van der Waals surface area contributed by atoms with Crippen LogP contribution in [0.15, 0.2) is 35.3 Å². The van der Waals surface area contributed by atoms with Gasteiger partial charge >= 0.3 is 11.9 Å². The Kier molecular flexibility index (Phi) is 29.0. The second-order valence-electron chi connectivity index (χ2n) is 16.5. The van der Waals surface area contributed by atoms with Crippen LogP contribution in [0.5, 0.6) is 0 Å². The van der Waals surface area contributed by atoms with Crippen molar-refractivity contribution < 1.29 is 58.2 Å². The number of nitrogens with zero attached hydrogens (tertiary/aromatic N) is 1. The predicted molar refractivity (Wildman–Crippen MR) is 256 cm³/mol. The van der Waals surface area contributed by atoms with Crippen LogP contribution in [0.25, 0.3) is 0 Å². The lowest BCUT2D eigenvalue weighted by atomic mass is 10.0. The Hall–Kier alpha value is -6.54. The first-order valence-corrected chi connectivity index (χ1v) is 23.8. The van der Waals surface area contributed by atoms with Crippen molar-refractivity contribution in [1.29, 1.82) is 0 Å². The van der Waals surface area contributed by atoms with E-state index >= 15 is 0 Å². The third kappa shape index (κ3) is 26.0. The van der Waals surface area contributed by atoms with Crippen LogP contribution in [-0.2, 0) is 54.4 Å². The van der Waals surface area contributed by atoms with E-state index in [2.05, 4.69) is 42.2 Å². The molecule has 1 aromatic rings. The molecule has 1 rings (SSSR count). The van der Waals surface area contributed by atoms with Crippen LogP contribution >= 0.6 is 11.8 Å². The summed E-state index contributed by atoms with van der Waals surface area (Å²) in [5.74, 6) is -10.0. The molecule has 19 N–H and O–H groups in total. The molecule has 386 valence electrons. The van der Waals surface area contributed by atoms with E-state index in [4.69, 9.17) is 28.7 Å². The smallest absolute Gasteiger partial charge is 0.326 e. The van der Waals surface area contributed by atoms with E-state index in [-0.39, 0.29) is 75.7 Å². The fraction of sp³-hybridized carbons (Fsp3) is 0.605. The third-order valence-electron chi connectivity index (χ3n) is 10.1. The van der Waals surface area contributed by atoms with Crippen LogP contribution in [0.2, 0.25) is 0 Å². The number of carbonyl (C=O) groups excluding carboxylic acids is 8. The molecule has 0 saturated heterocycles. The van der Waals surface area contributed by atoms with Crippen molar-refractivity contribution in [3.63, 3.8) is 0 Å². The number of nitrogens with one attached hydrogen (secondary N) is 7. The lowest BCUT2D eigenvalue weighted by Gasteiger charge is -2.27. The van der Waals surface area contributed by atoms with Gasteiger partial charge in [0.2, 0.25) is 47.3 Å². The van der Waals surface area contributed by atoms with Crippen molar-refractivity contribution in [3.05, 3.63) is 35.9 Å². The van der Waals surface area contributed by atoms with E-state index in [9.17, 15) is 58.2 Å². The summed E-state index contributed by atoms with van der Waals surface area (Å²) in [4.78, 5) is 134. The lowest BCUT2D eigenvalue weighted by Crippen LogP contribution is -2.60. The quantitative estimate of drug-likeness (QED) is 0.0177. The average molecular weight is 994 g/mol. The van der Waals surface area contributed by atoms with Gasteiger partial charge in [0.1, 0.15) is 36.3 Å². The summed E-state index contributed by atoms with van der Waals surface area (Å²) in [6.45, 7) is 3.21.